The Balaban J connectivity index is 1.34. The Hall–Kier alpha value is -3.27. The van der Waals surface area contributed by atoms with Gasteiger partial charge in [-0.1, -0.05) is 41.9 Å². The highest BCUT2D eigenvalue weighted by Gasteiger charge is 2.49. The van der Waals surface area contributed by atoms with Gasteiger partial charge in [-0.3, -0.25) is 9.88 Å². The van der Waals surface area contributed by atoms with Crippen LogP contribution in [0.4, 0.5) is 14.6 Å². The van der Waals surface area contributed by atoms with Crippen LogP contribution < -0.4 is 10.1 Å². The quantitative estimate of drug-likeness (QED) is 0.221. The molecule has 218 valence electrons. The van der Waals surface area contributed by atoms with Crippen molar-refractivity contribution in [3.63, 3.8) is 0 Å². The normalized spacial score (nSPS) is 24.9. The molecule has 7 rings (SSSR count). The maximum atomic E-state index is 16.6. The van der Waals surface area contributed by atoms with Gasteiger partial charge >= 0.3 is 11.8 Å². The Kier molecular flexibility index (Phi) is 7.28. The zero-order valence-electron chi connectivity index (χ0n) is 23.6. The van der Waals surface area contributed by atoms with Crippen molar-refractivity contribution in [1.29, 1.82) is 0 Å². The molecule has 3 atom stereocenters. The zero-order chi connectivity index (χ0) is 28.8. The summed E-state index contributed by atoms with van der Waals surface area (Å²) in [6, 6.07) is 11.3. The Morgan fingerprint density at radius 2 is 2.07 bits per heavy atom. The van der Waals surface area contributed by atoms with Gasteiger partial charge in [0.15, 0.2) is 5.82 Å². The molecule has 2 aromatic carbocycles. The monoisotopic (exact) mass is 591 g/mol. The standard InChI is InChI=1S/C32H34ClF2N6O/c1-40(17-20-6-4-12-36-15-20)30-24-16-37-28(23-9-2-7-21-8-3-10-25(33)26(21)23)27(35)29(24)38-31(39-30)42-19-32-11-5-13-41(32)18-22(34)14-32/h2-3,7-10,16-17,20,22,36H,4-6,11-15,18-19H2,1H3/q+1/b40-17-/t20?,22-,32+/m1/s1. The highest BCUT2D eigenvalue weighted by molar-refractivity contribution is 6.36. The molecule has 0 bridgehead atoms. The number of nitrogens with zero attached hydrogens (tertiary/aromatic N) is 5. The van der Waals surface area contributed by atoms with Crippen molar-refractivity contribution in [2.24, 2.45) is 5.92 Å². The van der Waals surface area contributed by atoms with E-state index in [0.717, 1.165) is 56.1 Å². The van der Waals surface area contributed by atoms with Gasteiger partial charge in [-0.05, 0) is 50.2 Å². The molecule has 2 aromatic heterocycles. The highest BCUT2D eigenvalue weighted by Crippen LogP contribution is 2.41. The molecule has 7 nitrogen and oxygen atoms in total. The summed E-state index contributed by atoms with van der Waals surface area (Å²) in [4.78, 5) is 16.1. The van der Waals surface area contributed by atoms with Crippen LogP contribution in [-0.4, -0.2) is 82.2 Å². The van der Waals surface area contributed by atoms with E-state index in [1.54, 1.807) is 12.3 Å². The van der Waals surface area contributed by atoms with Crippen LogP contribution in [0.5, 0.6) is 6.01 Å². The van der Waals surface area contributed by atoms with Gasteiger partial charge in [-0.2, -0.15) is 4.98 Å². The molecule has 4 aromatic rings. The topological polar surface area (TPSA) is 66.2 Å². The molecular weight excluding hydrogens is 558 g/mol. The molecule has 0 aliphatic carbocycles. The number of alkyl halides is 1. The summed E-state index contributed by atoms with van der Waals surface area (Å²) in [5.41, 5.74) is 0.512. The van der Waals surface area contributed by atoms with E-state index in [9.17, 15) is 4.39 Å². The Morgan fingerprint density at radius 3 is 2.90 bits per heavy atom. The number of hydrogen-bond donors (Lipinski definition) is 1. The summed E-state index contributed by atoms with van der Waals surface area (Å²) in [5.74, 6) is 0.274. The van der Waals surface area contributed by atoms with Crippen LogP contribution in [-0.2, 0) is 0 Å². The molecule has 0 saturated carbocycles. The second-order valence-electron chi connectivity index (χ2n) is 11.9. The first-order chi connectivity index (χ1) is 20.4. The van der Waals surface area contributed by atoms with E-state index in [1.165, 1.54) is 0 Å². The van der Waals surface area contributed by atoms with E-state index in [4.69, 9.17) is 21.3 Å². The van der Waals surface area contributed by atoms with Crippen molar-refractivity contribution in [2.45, 2.75) is 43.8 Å². The number of rotatable bonds is 6. The molecule has 0 spiro atoms. The summed E-state index contributed by atoms with van der Waals surface area (Å²) < 4.78 is 39.1. The van der Waals surface area contributed by atoms with Gasteiger partial charge in [-0.25, -0.2) is 13.4 Å². The average molecular weight is 592 g/mol. The molecule has 3 aliphatic rings. The van der Waals surface area contributed by atoms with Crippen LogP contribution in [0.2, 0.25) is 5.02 Å². The Labute approximate surface area is 248 Å². The van der Waals surface area contributed by atoms with Crippen LogP contribution in [0.3, 0.4) is 0 Å². The predicted octanol–water partition coefficient (Wildman–Crippen LogP) is 5.94. The third-order valence-electron chi connectivity index (χ3n) is 9.09. The minimum Gasteiger partial charge on any atom is -0.443 e. The average Bonchev–Trinajstić information content (AvgIpc) is 3.52. The van der Waals surface area contributed by atoms with Crippen LogP contribution >= 0.6 is 11.6 Å². The maximum absolute atomic E-state index is 16.6. The van der Waals surface area contributed by atoms with Crippen molar-refractivity contribution >= 4 is 45.3 Å². The number of piperidine rings is 1. The van der Waals surface area contributed by atoms with Gasteiger partial charge in [0.1, 0.15) is 29.4 Å². The number of ether oxygens (including phenoxy) is 1. The first kappa shape index (κ1) is 27.6. The summed E-state index contributed by atoms with van der Waals surface area (Å²) in [7, 11) is 1.92. The fraction of sp³-hybridized carbons (Fsp3) is 0.438. The third kappa shape index (κ3) is 4.91. The van der Waals surface area contributed by atoms with Crippen LogP contribution in [0, 0.1) is 11.7 Å². The number of fused-ring (bicyclic) bond motifs is 3. The largest absolute Gasteiger partial charge is 0.443 e. The molecule has 0 amide bonds. The van der Waals surface area contributed by atoms with Crippen LogP contribution in [0.1, 0.15) is 32.1 Å². The zero-order valence-corrected chi connectivity index (χ0v) is 24.4. The molecule has 3 saturated heterocycles. The molecule has 5 heterocycles. The molecular formula is C32H34ClF2N6O+. The number of halogens is 3. The van der Waals surface area contributed by atoms with Crippen molar-refractivity contribution in [3.8, 4) is 17.3 Å². The van der Waals surface area contributed by atoms with Crippen molar-refractivity contribution in [2.75, 3.05) is 39.8 Å². The lowest BCUT2D eigenvalue weighted by atomic mass is 9.95. The lowest BCUT2D eigenvalue weighted by Gasteiger charge is -2.30. The highest BCUT2D eigenvalue weighted by atomic mass is 35.5. The van der Waals surface area contributed by atoms with E-state index in [1.807, 2.05) is 42.0 Å². The lowest BCUT2D eigenvalue weighted by Crippen LogP contribution is -2.43. The second kappa shape index (κ2) is 11.1. The SMILES string of the molecule is C/[N+](=C/C1CCCNC1)c1nc(OC[C@@]23CCCN2C[C@H](F)C3)nc2c(F)c(-c3cccc4cccc(Cl)c34)ncc12. The number of benzene rings is 2. The number of aromatic nitrogens is 3. The van der Waals surface area contributed by atoms with Crippen molar-refractivity contribution in [3.05, 3.63) is 53.4 Å². The molecule has 1 N–H and O–H groups in total. The summed E-state index contributed by atoms with van der Waals surface area (Å²) in [6.07, 6.45) is 7.33. The Morgan fingerprint density at radius 1 is 1.21 bits per heavy atom. The van der Waals surface area contributed by atoms with E-state index >= 15 is 4.39 Å². The van der Waals surface area contributed by atoms with E-state index in [-0.39, 0.29) is 29.4 Å². The predicted molar refractivity (Wildman–Crippen MR) is 161 cm³/mol. The van der Waals surface area contributed by atoms with E-state index in [2.05, 4.69) is 26.4 Å². The van der Waals surface area contributed by atoms with E-state index < -0.39 is 12.0 Å². The van der Waals surface area contributed by atoms with Gasteiger partial charge in [0, 0.05) is 52.6 Å². The number of hydrogen-bond acceptors (Lipinski definition) is 6. The minimum absolute atomic E-state index is 0.0788. The molecule has 0 radical (unpaired) electrons. The second-order valence-corrected chi connectivity index (χ2v) is 12.3. The van der Waals surface area contributed by atoms with Gasteiger partial charge in [0.05, 0.1) is 18.8 Å². The van der Waals surface area contributed by atoms with Crippen LogP contribution in [0.15, 0.2) is 42.6 Å². The number of pyridine rings is 1. The first-order valence-electron chi connectivity index (χ1n) is 14.8. The Bertz CT molecular complexity index is 1690. The minimum atomic E-state index is -0.870. The summed E-state index contributed by atoms with van der Waals surface area (Å²) in [5, 5.41) is 6.08. The third-order valence-corrected chi connectivity index (χ3v) is 9.40. The first-order valence-corrected chi connectivity index (χ1v) is 15.1. The van der Waals surface area contributed by atoms with E-state index in [0.29, 0.717) is 40.7 Å². The molecule has 1 unspecified atom stereocenters. The smallest absolute Gasteiger partial charge is 0.434 e. The molecule has 3 aliphatic heterocycles. The summed E-state index contributed by atoms with van der Waals surface area (Å²) in [6.45, 7) is 3.43. The number of nitrogens with one attached hydrogen (secondary N) is 1. The van der Waals surface area contributed by atoms with Crippen molar-refractivity contribution < 1.29 is 18.1 Å². The van der Waals surface area contributed by atoms with Gasteiger partial charge < -0.3 is 10.1 Å². The molecule has 3 fully saturated rings. The maximum Gasteiger partial charge on any atom is 0.434 e. The van der Waals surface area contributed by atoms with Gasteiger partial charge in [-0.15, -0.1) is 0 Å². The van der Waals surface area contributed by atoms with Gasteiger partial charge in [0.25, 0.3) is 0 Å². The van der Waals surface area contributed by atoms with Crippen molar-refractivity contribution in [1.82, 2.24) is 25.2 Å². The lowest BCUT2D eigenvalue weighted by molar-refractivity contribution is -0.405. The molecule has 10 heteroatoms. The fourth-order valence-electron chi connectivity index (χ4n) is 7.08. The fourth-order valence-corrected chi connectivity index (χ4v) is 7.36. The summed E-state index contributed by atoms with van der Waals surface area (Å²) >= 11 is 6.58. The van der Waals surface area contributed by atoms with Crippen LogP contribution in [0.25, 0.3) is 32.9 Å². The molecule has 42 heavy (non-hydrogen) atoms. The van der Waals surface area contributed by atoms with Gasteiger partial charge in [0.2, 0.25) is 0 Å².